The Morgan fingerprint density at radius 1 is 1.08 bits per heavy atom. The van der Waals surface area contributed by atoms with E-state index < -0.39 is 5.97 Å². The highest BCUT2D eigenvalue weighted by Crippen LogP contribution is 2.14. The van der Waals surface area contributed by atoms with Gasteiger partial charge in [0.25, 0.3) is 5.91 Å². The predicted molar refractivity (Wildman–Crippen MR) is 98.8 cm³/mol. The summed E-state index contributed by atoms with van der Waals surface area (Å²) < 4.78 is 5.04. The van der Waals surface area contributed by atoms with E-state index in [9.17, 15) is 14.4 Å². The molecule has 0 saturated carbocycles. The van der Waals surface area contributed by atoms with E-state index in [-0.39, 0.29) is 30.0 Å². The van der Waals surface area contributed by atoms with Crippen molar-refractivity contribution < 1.29 is 19.1 Å². The van der Waals surface area contributed by atoms with Gasteiger partial charge in [-0.3, -0.25) is 9.59 Å². The molecule has 2 aromatic carbocycles. The molecule has 0 bridgehead atoms. The number of esters is 1. The minimum atomic E-state index is -0.629. The highest BCUT2D eigenvalue weighted by atomic mass is 16.5. The first kappa shape index (κ1) is 19.2. The number of hydrogen-bond donors (Lipinski definition) is 2. The van der Waals surface area contributed by atoms with Crippen molar-refractivity contribution in [2.24, 2.45) is 0 Å². The van der Waals surface area contributed by atoms with Gasteiger partial charge in [0, 0.05) is 12.6 Å². The minimum Gasteiger partial charge on any atom is -0.452 e. The van der Waals surface area contributed by atoms with E-state index in [0.29, 0.717) is 5.69 Å². The van der Waals surface area contributed by atoms with E-state index in [1.165, 1.54) is 13.0 Å². The molecule has 6 nitrogen and oxygen atoms in total. The lowest BCUT2D eigenvalue weighted by Crippen LogP contribution is -2.31. The van der Waals surface area contributed by atoms with Crippen LogP contribution < -0.4 is 10.6 Å². The topological polar surface area (TPSA) is 84.5 Å². The van der Waals surface area contributed by atoms with Gasteiger partial charge in [-0.1, -0.05) is 35.9 Å². The lowest BCUT2D eigenvalue weighted by Gasteiger charge is -2.14. The maximum Gasteiger partial charge on any atom is 0.338 e. The number of carbonyl (C=O) groups is 3. The van der Waals surface area contributed by atoms with Gasteiger partial charge >= 0.3 is 5.97 Å². The van der Waals surface area contributed by atoms with Gasteiger partial charge in [0.15, 0.2) is 6.61 Å². The summed E-state index contributed by atoms with van der Waals surface area (Å²) in [5, 5.41) is 5.37. The Balaban J connectivity index is 1.87. The average molecular weight is 354 g/mol. The molecular formula is C20H22N2O4. The Morgan fingerprint density at radius 2 is 1.77 bits per heavy atom. The fraction of sp³-hybridized carbons (Fsp3) is 0.250. The molecule has 0 saturated heterocycles. The molecule has 26 heavy (non-hydrogen) atoms. The van der Waals surface area contributed by atoms with E-state index in [4.69, 9.17) is 4.74 Å². The molecule has 0 fully saturated rings. The number of hydrogen-bond acceptors (Lipinski definition) is 4. The number of rotatable bonds is 6. The molecule has 2 rings (SSSR count). The van der Waals surface area contributed by atoms with E-state index in [2.05, 4.69) is 10.6 Å². The number of ether oxygens (including phenoxy) is 1. The summed E-state index contributed by atoms with van der Waals surface area (Å²) in [7, 11) is 0. The fourth-order valence-corrected chi connectivity index (χ4v) is 2.36. The Bertz CT molecular complexity index is 800. The molecule has 0 heterocycles. The van der Waals surface area contributed by atoms with Crippen molar-refractivity contribution in [3.8, 4) is 0 Å². The van der Waals surface area contributed by atoms with Crippen LogP contribution >= 0.6 is 0 Å². The molecule has 0 aliphatic carbocycles. The first-order valence-corrected chi connectivity index (χ1v) is 8.26. The van der Waals surface area contributed by atoms with Gasteiger partial charge in [0.2, 0.25) is 5.91 Å². The highest BCUT2D eigenvalue weighted by Gasteiger charge is 2.13. The van der Waals surface area contributed by atoms with Crippen LogP contribution in [0.15, 0.2) is 48.5 Å². The molecular weight excluding hydrogens is 332 g/mol. The van der Waals surface area contributed by atoms with Gasteiger partial charge in [-0.15, -0.1) is 0 Å². The number of benzene rings is 2. The Labute approximate surface area is 152 Å². The van der Waals surface area contributed by atoms with Gasteiger partial charge in [0.1, 0.15) is 0 Å². The maximum atomic E-state index is 12.1. The summed E-state index contributed by atoms with van der Waals surface area (Å²) in [4.78, 5) is 35.1. The van der Waals surface area contributed by atoms with Gasteiger partial charge in [-0.2, -0.15) is 0 Å². The van der Waals surface area contributed by atoms with Gasteiger partial charge in [-0.25, -0.2) is 4.79 Å². The van der Waals surface area contributed by atoms with Crippen LogP contribution in [-0.4, -0.2) is 24.4 Å². The number of nitrogens with one attached hydrogen (secondary N) is 2. The van der Waals surface area contributed by atoms with Gasteiger partial charge < -0.3 is 15.4 Å². The van der Waals surface area contributed by atoms with Crippen molar-refractivity contribution in [2.45, 2.75) is 26.8 Å². The minimum absolute atomic E-state index is 0.190. The van der Waals surface area contributed by atoms with E-state index in [0.717, 1.165) is 11.1 Å². The highest BCUT2D eigenvalue weighted by molar-refractivity contribution is 5.94. The van der Waals surface area contributed by atoms with Crippen molar-refractivity contribution in [3.05, 3.63) is 65.2 Å². The van der Waals surface area contributed by atoms with Crippen molar-refractivity contribution in [1.82, 2.24) is 5.32 Å². The Hall–Kier alpha value is -3.15. The average Bonchev–Trinajstić information content (AvgIpc) is 2.59. The zero-order valence-corrected chi connectivity index (χ0v) is 15.0. The SMILES string of the molecule is CC(=O)Nc1cccc(C(=O)OCC(=O)NC(C)c2ccc(C)cc2)c1. The second-order valence-corrected chi connectivity index (χ2v) is 6.04. The van der Waals surface area contributed by atoms with Crippen LogP contribution in [0.1, 0.15) is 41.4 Å². The van der Waals surface area contributed by atoms with Crippen molar-refractivity contribution in [3.63, 3.8) is 0 Å². The molecule has 1 unspecified atom stereocenters. The smallest absolute Gasteiger partial charge is 0.338 e. The largest absolute Gasteiger partial charge is 0.452 e. The molecule has 0 aliphatic rings. The molecule has 2 amide bonds. The van der Waals surface area contributed by atoms with Gasteiger partial charge in [0.05, 0.1) is 11.6 Å². The fourth-order valence-electron chi connectivity index (χ4n) is 2.36. The van der Waals surface area contributed by atoms with Crippen LogP contribution in [-0.2, 0) is 14.3 Å². The second-order valence-electron chi connectivity index (χ2n) is 6.04. The van der Waals surface area contributed by atoms with E-state index in [1.54, 1.807) is 18.2 Å². The summed E-state index contributed by atoms with van der Waals surface area (Å²) in [5.41, 5.74) is 2.86. The summed E-state index contributed by atoms with van der Waals surface area (Å²) >= 11 is 0. The first-order valence-electron chi connectivity index (χ1n) is 8.26. The third-order valence-corrected chi connectivity index (χ3v) is 3.71. The molecule has 136 valence electrons. The van der Waals surface area contributed by atoms with Crippen LogP contribution in [0.2, 0.25) is 0 Å². The predicted octanol–water partition coefficient (Wildman–Crippen LogP) is 2.99. The summed E-state index contributed by atoms with van der Waals surface area (Å²) in [6.45, 7) is 4.86. The van der Waals surface area contributed by atoms with Crippen molar-refractivity contribution in [2.75, 3.05) is 11.9 Å². The van der Waals surface area contributed by atoms with Crippen LogP contribution in [0.4, 0.5) is 5.69 Å². The molecule has 0 aliphatic heterocycles. The molecule has 1 atom stereocenters. The standard InChI is InChI=1S/C20H22N2O4/c1-13-7-9-16(10-8-13)14(2)21-19(24)12-26-20(25)17-5-4-6-18(11-17)22-15(3)23/h4-11,14H,12H2,1-3H3,(H,21,24)(H,22,23). The molecule has 0 spiro atoms. The molecule has 0 radical (unpaired) electrons. The molecule has 6 heteroatoms. The zero-order valence-electron chi connectivity index (χ0n) is 15.0. The summed E-state index contributed by atoms with van der Waals surface area (Å²) in [6.07, 6.45) is 0. The van der Waals surface area contributed by atoms with Crippen LogP contribution in [0, 0.1) is 6.92 Å². The third-order valence-electron chi connectivity index (χ3n) is 3.71. The Kier molecular flexibility index (Phi) is 6.49. The molecule has 0 aromatic heterocycles. The number of carbonyl (C=O) groups excluding carboxylic acids is 3. The number of aryl methyl sites for hydroxylation is 1. The normalized spacial score (nSPS) is 11.3. The van der Waals surface area contributed by atoms with E-state index in [1.807, 2.05) is 38.1 Å². The summed E-state index contributed by atoms with van der Waals surface area (Å²) in [5.74, 6) is -1.25. The van der Waals surface area contributed by atoms with Gasteiger partial charge in [-0.05, 0) is 37.6 Å². The molecule has 2 N–H and O–H groups in total. The van der Waals surface area contributed by atoms with Crippen molar-refractivity contribution in [1.29, 1.82) is 0 Å². The third kappa shape index (κ3) is 5.73. The van der Waals surface area contributed by atoms with Crippen LogP contribution in [0.3, 0.4) is 0 Å². The lowest BCUT2D eigenvalue weighted by atomic mass is 10.1. The van der Waals surface area contributed by atoms with Crippen LogP contribution in [0.25, 0.3) is 0 Å². The Morgan fingerprint density at radius 3 is 2.42 bits per heavy atom. The number of anilines is 1. The quantitative estimate of drug-likeness (QED) is 0.781. The number of amides is 2. The van der Waals surface area contributed by atoms with E-state index >= 15 is 0 Å². The first-order chi connectivity index (χ1) is 12.3. The maximum absolute atomic E-state index is 12.1. The zero-order chi connectivity index (χ0) is 19.1. The summed E-state index contributed by atoms with van der Waals surface area (Å²) in [6, 6.07) is 14.0. The van der Waals surface area contributed by atoms with Crippen molar-refractivity contribution >= 4 is 23.5 Å². The van der Waals surface area contributed by atoms with Crippen LogP contribution in [0.5, 0.6) is 0 Å². The second kappa shape index (κ2) is 8.80. The monoisotopic (exact) mass is 354 g/mol. The molecule has 2 aromatic rings. The lowest BCUT2D eigenvalue weighted by molar-refractivity contribution is -0.124.